The Kier molecular flexibility index (Phi) is 7.40. The Balaban J connectivity index is 1.91. The van der Waals surface area contributed by atoms with E-state index in [1.54, 1.807) is 0 Å². The molecule has 1 atom stereocenters. The highest BCUT2D eigenvalue weighted by Crippen LogP contribution is 2.12. The van der Waals surface area contributed by atoms with Crippen molar-refractivity contribution in [2.24, 2.45) is 0 Å². The van der Waals surface area contributed by atoms with Gasteiger partial charge in [0.2, 0.25) is 5.69 Å². The average molecular weight is 319 g/mol. The summed E-state index contributed by atoms with van der Waals surface area (Å²) in [7, 11) is 0. The number of aliphatic hydroxyl groups excluding tert-OH is 1. The molecule has 0 unspecified atom stereocenters. The van der Waals surface area contributed by atoms with Crippen LogP contribution in [0.25, 0.3) is 0 Å². The summed E-state index contributed by atoms with van der Waals surface area (Å²) in [5, 5.41) is 10.1. The third kappa shape index (κ3) is 6.22. The standard InChI is InChI=1S/C19H30N2O2/c1-3-4-10-17-11-6-7-12-18(17)20-19(22)23-16(2)15-21-13-8-5-9-14-21/h6-7,11-12,16H,3-5,8-10,13-15H2,1-2H3,(H,20,22)/p+1/t16-/m1/s1. The van der Waals surface area contributed by atoms with E-state index in [1.807, 2.05) is 25.1 Å². The van der Waals surface area contributed by atoms with Gasteiger partial charge in [0, 0.05) is 18.2 Å². The van der Waals surface area contributed by atoms with Gasteiger partial charge >= 0.3 is 6.08 Å². The maximum atomic E-state index is 10.1. The van der Waals surface area contributed by atoms with Gasteiger partial charge in [0.05, 0.1) is 0 Å². The zero-order valence-corrected chi connectivity index (χ0v) is 14.6. The highest BCUT2D eigenvalue weighted by molar-refractivity contribution is 5.59. The molecule has 128 valence electrons. The molecule has 4 nitrogen and oxygen atoms in total. The van der Waals surface area contributed by atoms with Crippen LogP contribution in [0.3, 0.4) is 0 Å². The van der Waals surface area contributed by atoms with Crippen molar-refractivity contribution >= 4 is 11.8 Å². The molecule has 1 aliphatic rings. The van der Waals surface area contributed by atoms with Crippen LogP contribution in [0, 0.1) is 0 Å². The van der Waals surface area contributed by atoms with Crippen molar-refractivity contribution in [2.75, 3.05) is 19.6 Å². The zero-order valence-electron chi connectivity index (χ0n) is 14.6. The molecule has 1 aliphatic heterocycles. The Morgan fingerprint density at radius 1 is 1.26 bits per heavy atom. The molecule has 2 rings (SSSR count). The molecule has 0 aromatic heterocycles. The van der Waals surface area contributed by atoms with Crippen LogP contribution in [0.1, 0.15) is 51.5 Å². The monoisotopic (exact) mass is 319 g/mol. The van der Waals surface area contributed by atoms with Gasteiger partial charge in [0.25, 0.3) is 0 Å². The van der Waals surface area contributed by atoms with E-state index in [9.17, 15) is 5.11 Å². The van der Waals surface area contributed by atoms with Crippen molar-refractivity contribution in [3.63, 3.8) is 0 Å². The first-order valence-electron chi connectivity index (χ1n) is 8.99. The first-order valence-corrected chi connectivity index (χ1v) is 8.99. The fourth-order valence-corrected chi connectivity index (χ4v) is 3.11. The summed E-state index contributed by atoms with van der Waals surface area (Å²) in [6, 6.07) is 8.09. The van der Waals surface area contributed by atoms with E-state index in [0.29, 0.717) is 0 Å². The van der Waals surface area contributed by atoms with Crippen molar-refractivity contribution in [3.05, 3.63) is 29.8 Å². The summed E-state index contributed by atoms with van der Waals surface area (Å²) in [4.78, 5) is 5.43. The molecule has 23 heavy (non-hydrogen) atoms. The van der Waals surface area contributed by atoms with Crippen LogP contribution in [-0.2, 0) is 11.2 Å². The molecule has 0 spiro atoms. The van der Waals surface area contributed by atoms with Gasteiger partial charge < -0.3 is 9.84 Å². The van der Waals surface area contributed by atoms with Crippen molar-refractivity contribution in [1.29, 1.82) is 0 Å². The molecule has 0 bridgehead atoms. The minimum Gasteiger partial charge on any atom is -0.430 e. The number of benzene rings is 1. The maximum absolute atomic E-state index is 10.1. The zero-order chi connectivity index (χ0) is 16.5. The summed E-state index contributed by atoms with van der Waals surface area (Å²) in [6.45, 7) is 7.34. The van der Waals surface area contributed by atoms with Crippen molar-refractivity contribution in [2.45, 2.75) is 58.5 Å². The second kappa shape index (κ2) is 9.56. The molecular weight excluding hydrogens is 288 g/mol. The number of para-hydroxylation sites is 1. The Hall–Kier alpha value is -1.55. The quantitative estimate of drug-likeness (QED) is 0.600. The first-order chi connectivity index (χ1) is 11.2. The molecule has 1 saturated heterocycles. The normalized spacial score (nSPS) is 17.9. The van der Waals surface area contributed by atoms with Crippen molar-refractivity contribution in [3.8, 4) is 0 Å². The van der Waals surface area contributed by atoms with Crippen molar-refractivity contribution in [1.82, 2.24) is 4.90 Å². The van der Waals surface area contributed by atoms with Crippen LogP contribution in [0.2, 0.25) is 0 Å². The van der Waals surface area contributed by atoms with E-state index in [2.05, 4.69) is 22.9 Å². The van der Waals surface area contributed by atoms with Crippen LogP contribution in [-0.4, -0.2) is 41.8 Å². The minimum atomic E-state index is -0.0987. The molecule has 1 heterocycles. The van der Waals surface area contributed by atoms with Gasteiger partial charge in [-0.25, -0.2) is 0 Å². The van der Waals surface area contributed by atoms with Gasteiger partial charge in [0.15, 0.2) is 0 Å². The lowest BCUT2D eigenvalue weighted by atomic mass is 10.1. The summed E-state index contributed by atoms with van der Waals surface area (Å²) < 4.78 is 5.64. The molecule has 0 saturated carbocycles. The van der Waals surface area contributed by atoms with E-state index in [-0.39, 0.29) is 12.2 Å². The van der Waals surface area contributed by atoms with E-state index in [0.717, 1.165) is 44.6 Å². The molecule has 2 N–H and O–H groups in total. The molecule has 1 fully saturated rings. The highest BCUT2D eigenvalue weighted by atomic mass is 16.6. The van der Waals surface area contributed by atoms with Gasteiger partial charge in [0.1, 0.15) is 6.10 Å². The number of nitrogens with one attached hydrogen (secondary N) is 1. The number of hydrogen-bond acceptors (Lipinski definition) is 2. The molecule has 0 aliphatic carbocycles. The third-order valence-corrected chi connectivity index (χ3v) is 4.34. The number of aliphatic hydroxyl groups is 1. The molecule has 0 radical (unpaired) electrons. The predicted molar refractivity (Wildman–Crippen MR) is 94.2 cm³/mol. The summed E-state index contributed by atoms with van der Waals surface area (Å²) in [5.41, 5.74) is 2.15. The van der Waals surface area contributed by atoms with Crippen LogP contribution in [0.15, 0.2) is 24.3 Å². The van der Waals surface area contributed by atoms with Gasteiger partial charge in [-0.3, -0.25) is 4.90 Å². The fourth-order valence-electron chi connectivity index (χ4n) is 3.11. The number of rotatable bonds is 7. The third-order valence-electron chi connectivity index (χ3n) is 4.34. The second-order valence-corrected chi connectivity index (χ2v) is 6.48. The van der Waals surface area contributed by atoms with E-state index in [4.69, 9.17) is 4.74 Å². The Morgan fingerprint density at radius 2 is 2.00 bits per heavy atom. The van der Waals surface area contributed by atoms with E-state index in [1.165, 1.54) is 24.8 Å². The average Bonchev–Trinajstić information content (AvgIpc) is 2.54. The van der Waals surface area contributed by atoms with Gasteiger partial charge in [-0.15, -0.1) is 4.99 Å². The number of nitrogens with zero attached hydrogens (tertiary/aromatic N) is 1. The predicted octanol–water partition coefficient (Wildman–Crippen LogP) is 2.55. The topological polar surface area (TPSA) is 46.7 Å². The Morgan fingerprint density at radius 3 is 2.74 bits per heavy atom. The van der Waals surface area contributed by atoms with Crippen LogP contribution >= 0.6 is 0 Å². The number of unbranched alkanes of at least 4 members (excludes halogenated alkanes) is 1. The molecular formula is C19H31N2O2+. The summed E-state index contributed by atoms with van der Waals surface area (Å²) in [6.07, 6.45) is 7.06. The Labute approximate surface area is 140 Å². The number of likely N-dealkylation sites (tertiary alicyclic amines) is 1. The molecule has 1 aromatic rings. The lowest BCUT2D eigenvalue weighted by Crippen LogP contribution is -2.68. The molecule has 0 amide bonds. The second-order valence-electron chi connectivity index (χ2n) is 6.48. The van der Waals surface area contributed by atoms with E-state index < -0.39 is 0 Å². The van der Waals surface area contributed by atoms with Crippen molar-refractivity contribution < 1.29 is 14.8 Å². The summed E-state index contributed by atoms with van der Waals surface area (Å²) in [5.74, 6) is 0. The number of ether oxygens (including phenoxy) is 1. The van der Waals surface area contributed by atoms with E-state index >= 15 is 0 Å². The lowest BCUT2D eigenvalue weighted by Gasteiger charge is -2.28. The maximum Gasteiger partial charge on any atom is 0.551 e. The highest BCUT2D eigenvalue weighted by Gasteiger charge is 2.18. The van der Waals surface area contributed by atoms with Gasteiger partial charge in [-0.2, -0.15) is 0 Å². The minimum absolute atomic E-state index is 0.0246. The van der Waals surface area contributed by atoms with Crippen LogP contribution in [0.4, 0.5) is 5.69 Å². The Bertz CT molecular complexity index is 496. The van der Waals surface area contributed by atoms with Crippen LogP contribution < -0.4 is 4.99 Å². The number of piperidine rings is 1. The summed E-state index contributed by atoms with van der Waals surface area (Å²) >= 11 is 0. The van der Waals surface area contributed by atoms with Gasteiger partial charge in [-0.05, 0) is 45.7 Å². The van der Waals surface area contributed by atoms with Crippen LogP contribution in [0.5, 0.6) is 0 Å². The first kappa shape index (κ1) is 17.8. The molecule has 1 aromatic carbocycles. The largest absolute Gasteiger partial charge is 0.551 e. The number of hydrogen-bond donors (Lipinski definition) is 2. The smallest absolute Gasteiger partial charge is 0.430 e. The van der Waals surface area contributed by atoms with Gasteiger partial charge in [-0.1, -0.05) is 38.0 Å². The SMILES string of the molecule is CCCCc1ccccc1[NH+]=C(O)O[C@H](C)CN1CCCCC1. The number of aryl methyl sites for hydroxylation is 1. The fraction of sp³-hybridized carbons (Fsp3) is 0.632. The molecule has 4 heteroatoms. The lowest BCUT2D eigenvalue weighted by molar-refractivity contribution is -0.384.